The molecule has 2 N–H and O–H groups in total. The van der Waals surface area contributed by atoms with Gasteiger partial charge in [0.05, 0.1) is 22.6 Å². The van der Waals surface area contributed by atoms with Crippen molar-refractivity contribution in [1.82, 2.24) is 0 Å². The number of nitrogen functional groups attached to an aromatic ring is 1. The first-order chi connectivity index (χ1) is 10.6. The van der Waals surface area contributed by atoms with E-state index in [-0.39, 0.29) is 10.6 Å². The third-order valence-electron chi connectivity index (χ3n) is 3.41. The van der Waals surface area contributed by atoms with Gasteiger partial charge < -0.3 is 5.73 Å². The van der Waals surface area contributed by atoms with Gasteiger partial charge in [0.25, 0.3) is 0 Å². The molecule has 0 radical (unpaired) electrons. The monoisotopic (exact) mass is 358 g/mol. The van der Waals surface area contributed by atoms with Crippen molar-refractivity contribution in [3.63, 3.8) is 0 Å². The van der Waals surface area contributed by atoms with Crippen LogP contribution >= 0.6 is 23.2 Å². The molecule has 0 aliphatic carbocycles. The van der Waals surface area contributed by atoms with Gasteiger partial charge in [-0.1, -0.05) is 29.3 Å². The lowest BCUT2D eigenvalue weighted by Gasteiger charge is -2.17. The van der Waals surface area contributed by atoms with E-state index in [1.54, 1.807) is 13.0 Å². The van der Waals surface area contributed by atoms with Crippen LogP contribution in [0.1, 0.15) is 28.2 Å². The van der Waals surface area contributed by atoms with Gasteiger partial charge in [-0.05, 0) is 47.9 Å². The highest BCUT2D eigenvalue weighted by Crippen LogP contribution is 2.39. The number of rotatable bonds is 2. The lowest BCUT2D eigenvalue weighted by atomic mass is 9.88. The van der Waals surface area contributed by atoms with E-state index in [4.69, 9.17) is 28.9 Å². The molecule has 0 aliphatic rings. The molecular formula is C16H11Cl2F3N2. The van der Waals surface area contributed by atoms with E-state index in [1.807, 2.05) is 6.07 Å². The van der Waals surface area contributed by atoms with Crippen LogP contribution < -0.4 is 5.73 Å². The van der Waals surface area contributed by atoms with Crippen LogP contribution in [0.2, 0.25) is 10.0 Å². The van der Waals surface area contributed by atoms with Gasteiger partial charge >= 0.3 is 6.18 Å². The summed E-state index contributed by atoms with van der Waals surface area (Å²) in [7, 11) is 0. The van der Waals surface area contributed by atoms with Gasteiger partial charge in [-0.3, -0.25) is 0 Å². The Kier molecular flexibility index (Phi) is 4.79. The first-order valence-corrected chi connectivity index (χ1v) is 7.22. The number of hydrogen-bond donors (Lipinski definition) is 1. The molecule has 0 saturated heterocycles. The van der Waals surface area contributed by atoms with E-state index in [0.29, 0.717) is 16.8 Å². The Morgan fingerprint density at radius 3 is 2.30 bits per heavy atom. The Hall–Kier alpha value is -1.90. The molecule has 0 aromatic heterocycles. The lowest BCUT2D eigenvalue weighted by molar-refractivity contribution is -0.137. The largest absolute Gasteiger partial charge is 0.417 e. The normalized spacial score (nSPS) is 12.7. The second-order valence-electron chi connectivity index (χ2n) is 5.03. The fraction of sp³-hybridized carbons (Fsp3) is 0.188. The molecule has 1 unspecified atom stereocenters. The molecule has 23 heavy (non-hydrogen) atoms. The van der Waals surface area contributed by atoms with Gasteiger partial charge in [0, 0.05) is 10.7 Å². The summed E-state index contributed by atoms with van der Waals surface area (Å²) in [6.07, 6.45) is -4.60. The van der Waals surface area contributed by atoms with Crippen LogP contribution in [0, 0.1) is 18.3 Å². The molecule has 0 saturated carbocycles. The number of alkyl halides is 3. The number of hydrogen-bond acceptors (Lipinski definition) is 2. The highest BCUT2D eigenvalue weighted by Gasteiger charge is 2.34. The number of anilines is 1. The second kappa shape index (κ2) is 6.31. The average Bonchev–Trinajstić information content (AvgIpc) is 2.42. The maximum atomic E-state index is 13.0. The first kappa shape index (κ1) is 17.5. The van der Waals surface area contributed by atoms with Gasteiger partial charge in [-0.25, -0.2) is 0 Å². The molecule has 7 heteroatoms. The summed E-state index contributed by atoms with van der Waals surface area (Å²) in [5.74, 6) is -0.957. The van der Waals surface area contributed by atoms with E-state index in [2.05, 4.69) is 0 Å². The van der Waals surface area contributed by atoms with Crippen molar-refractivity contribution in [1.29, 1.82) is 5.26 Å². The molecule has 0 amide bonds. The molecule has 0 bridgehead atoms. The summed E-state index contributed by atoms with van der Waals surface area (Å²) >= 11 is 11.8. The minimum Gasteiger partial charge on any atom is -0.399 e. The molecule has 0 aliphatic heterocycles. The van der Waals surface area contributed by atoms with Crippen LogP contribution in [-0.4, -0.2) is 0 Å². The van der Waals surface area contributed by atoms with Crippen molar-refractivity contribution in [2.45, 2.75) is 19.0 Å². The van der Waals surface area contributed by atoms with Crippen LogP contribution in [-0.2, 0) is 6.18 Å². The molecule has 2 nitrogen and oxygen atoms in total. The Morgan fingerprint density at radius 1 is 1.13 bits per heavy atom. The maximum Gasteiger partial charge on any atom is 0.417 e. The molecule has 0 spiro atoms. The zero-order valence-corrected chi connectivity index (χ0v) is 13.4. The van der Waals surface area contributed by atoms with Crippen LogP contribution in [0.15, 0.2) is 30.3 Å². The third kappa shape index (κ3) is 3.54. The van der Waals surface area contributed by atoms with E-state index >= 15 is 0 Å². The van der Waals surface area contributed by atoms with E-state index in [1.165, 1.54) is 12.1 Å². The number of nitrogens with two attached hydrogens (primary N) is 1. The Labute approximate surface area is 141 Å². The van der Waals surface area contributed by atoms with Crippen LogP contribution in [0.5, 0.6) is 0 Å². The van der Waals surface area contributed by atoms with Crippen molar-refractivity contribution in [2.24, 2.45) is 0 Å². The smallest absolute Gasteiger partial charge is 0.399 e. The van der Waals surface area contributed by atoms with Crippen molar-refractivity contribution in [2.75, 3.05) is 5.73 Å². The minimum absolute atomic E-state index is 0.166. The van der Waals surface area contributed by atoms with Gasteiger partial charge in [-0.15, -0.1) is 0 Å². The third-order valence-corrected chi connectivity index (χ3v) is 4.05. The van der Waals surface area contributed by atoms with Gasteiger partial charge in [0.1, 0.15) is 0 Å². The molecule has 2 rings (SSSR count). The molecule has 120 valence electrons. The summed E-state index contributed by atoms with van der Waals surface area (Å²) in [4.78, 5) is 0. The predicted molar refractivity (Wildman–Crippen MR) is 84.5 cm³/mol. The fourth-order valence-electron chi connectivity index (χ4n) is 2.39. The summed E-state index contributed by atoms with van der Waals surface area (Å²) in [5, 5.41) is 9.28. The Bertz CT molecular complexity index is 772. The summed E-state index contributed by atoms with van der Waals surface area (Å²) in [6, 6.07) is 8.48. The number of nitrogens with zero attached hydrogens (tertiary/aromatic N) is 1. The van der Waals surface area contributed by atoms with Crippen molar-refractivity contribution in [3.05, 3.63) is 62.6 Å². The average molecular weight is 359 g/mol. The molecular weight excluding hydrogens is 348 g/mol. The van der Waals surface area contributed by atoms with E-state index in [0.717, 1.165) is 12.1 Å². The summed E-state index contributed by atoms with van der Waals surface area (Å²) < 4.78 is 39.0. The number of halogens is 5. The molecule has 1 atom stereocenters. The number of nitriles is 1. The topological polar surface area (TPSA) is 49.8 Å². The second-order valence-corrected chi connectivity index (χ2v) is 5.85. The first-order valence-electron chi connectivity index (χ1n) is 6.47. The van der Waals surface area contributed by atoms with Crippen LogP contribution in [0.4, 0.5) is 18.9 Å². The van der Waals surface area contributed by atoms with Crippen molar-refractivity contribution in [3.8, 4) is 6.07 Å². The van der Waals surface area contributed by atoms with Gasteiger partial charge in [-0.2, -0.15) is 18.4 Å². The Morgan fingerprint density at radius 2 is 1.78 bits per heavy atom. The summed E-state index contributed by atoms with van der Waals surface area (Å²) in [5.41, 5.74) is 6.33. The minimum atomic E-state index is -4.60. The molecule has 0 heterocycles. The molecule has 0 fully saturated rings. The van der Waals surface area contributed by atoms with Gasteiger partial charge in [0.15, 0.2) is 0 Å². The number of aryl methyl sites for hydroxylation is 1. The van der Waals surface area contributed by atoms with Crippen LogP contribution in [0.3, 0.4) is 0 Å². The number of benzene rings is 2. The van der Waals surface area contributed by atoms with Crippen LogP contribution in [0.25, 0.3) is 0 Å². The quantitative estimate of drug-likeness (QED) is 0.714. The highest BCUT2D eigenvalue weighted by atomic mass is 35.5. The molecule has 2 aromatic carbocycles. The zero-order chi connectivity index (χ0) is 17.4. The zero-order valence-electron chi connectivity index (χ0n) is 11.9. The Balaban J connectivity index is 2.63. The lowest BCUT2D eigenvalue weighted by Crippen LogP contribution is -2.09. The van der Waals surface area contributed by atoms with Gasteiger partial charge in [0.2, 0.25) is 0 Å². The predicted octanol–water partition coefficient (Wildman–Crippen LogP) is 5.56. The SMILES string of the molecule is Cc1cc(N)cc(Cl)c1C(C#N)c1ccc(Cl)c(C(F)(F)F)c1. The maximum absolute atomic E-state index is 13.0. The standard InChI is InChI=1S/C16H11Cl2F3N2/c1-8-4-10(23)6-14(18)15(8)11(7-22)9-2-3-13(17)12(5-9)16(19,20)21/h2-6,11H,23H2,1H3. The highest BCUT2D eigenvalue weighted by molar-refractivity contribution is 6.32. The summed E-state index contributed by atoms with van der Waals surface area (Å²) in [6.45, 7) is 1.70. The fourth-order valence-corrected chi connectivity index (χ4v) is 3.00. The van der Waals surface area contributed by atoms with E-state index in [9.17, 15) is 18.4 Å². The van der Waals surface area contributed by atoms with E-state index < -0.39 is 22.7 Å². The molecule has 2 aromatic rings. The van der Waals surface area contributed by atoms with Crippen molar-refractivity contribution < 1.29 is 13.2 Å². The van der Waals surface area contributed by atoms with Crippen molar-refractivity contribution >= 4 is 28.9 Å².